The molecule has 0 aliphatic rings. The molecule has 0 saturated carbocycles. The Labute approximate surface area is 170 Å². The van der Waals surface area contributed by atoms with Gasteiger partial charge in [0, 0.05) is 23.6 Å². The number of carbonyl (C=O) groups is 3. The van der Waals surface area contributed by atoms with Gasteiger partial charge >= 0.3 is 0 Å². The SMILES string of the molecule is NC(=O)C(=O)C(Cc1coc2ccccc12)NC(=O)c1[nH]ncc1-c1ccccn1. The lowest BCUT2D eigenvalue weighted by Gasteiger charge is -2.15. The summed E-state index contributed by atoms with van der Waals surface area (Å²) in [4.78, 5) is 41.1. The summed E-state index contributed by atoms with van der Waals surface area (Å²) in [6.45, 7) is 0. The van der Waals surface area contributed by atoms with E-state index in [1.807, 2.05) is 18.2 Å². The van der Waals surface area contributed by atoms with E-state index in [0.717, 1.165) is 5.39 Å². The van der Waals surface area contributed by atoms with E-state index in [0.29, 0.717) is 22.4 Å². The van der Waals surface area contributed by atoms with Crippen LogP contribution in [0.25, 0.3) is 22.2 Å². The largest absolute Gasteiger partial charge is 0.464 e. The van der Waals surface area contributed by atoms with Gasteiger partial charge in [-0.15, -0.1) is 0 Å². The molecule has 1 unspecified atom stereocenters. The Morgan fingerprint density at radius 1 is 1.13 bits per heavy atom. The number of benzene rings is 1. The van der Waals surface area contributed by atoms with Crippen molar-refractivity contribution < 1.29 is 18.8 Å². The van der Waals surface area contributed by atoms with E-state index in [9.17, 15) is 14.4 Å². The number of amides is 2. The van der Waals surface area contributed by atoms with Crippen LogP contribution in [0.15, 0.2) is 65.5 Å². The van der Waals surface area contributed by atoms with Crippen molar-refractivity contribution in [3.05, 3.63) is 72.4 Å². The zero-order valence-electron chi connectivity index (χ0n) is 15.7. The molecule has 0 saturated heterocycles. The number of fused-ring (bicyclic) bond motifs is 1. The minimum absolute atomic E-state index is 0.0393. The maximum atomic E-state index is 12.9. The van der Waals surface area contributed by atoms with Crippen molar-refractivity contribution in [1.82, 2.24) is 20.5 Å². The van der Waals surface area contributed by atoms with Crippen molar-refractivity contribution in [1.29, 1.82) is 0 Å². The summed E-state index contributed by atoms with van der Waals surface area (Å²) in [5.41, 5.74) is 7.62. The lowest BCUT2D eigenvalue weighted by Crippen LogP contribution is -2.47. The summed E-state index contributed by atoms with van der Waals surface area (Å²) in [6, 6.07) is 11.3. The molecule has 150 valence electrons. The predicted octanol–water partition coefficient (Wildman–Crippen LogP) is 1.61. The van der Waals surface area contributed by atoms with Crippen molar-refractivity contribution in [2.24, 2.45) is 5.73 Å². The molecule has 3 aromatic heterocycles. The highest BCUT2D eigenvalue weighted by molar-refractivity contribution is 6.38. The van der Waals surface area contributed by atoms with Gasteiger partial charge in [-0.25, -0.2) is 0 Å². The van der Waals surface area contributed by atoms with E-state index >= 15 is 0 Å². The number of nitrogens with two attached hydrogens (primary N) is 1. The third-order valence-corrected chi connectivity index (χ3v) is 4.66. The Kier molecular flexibility index (Phi) is 5.08. The summed E-state index contributed by atoms with van der Waals surface area (Å²) < 4.78 is 5.48. The maximum Gasteiger partial charge on any atom is 0.287 e. The fourth-order valence-electron chi connectivity index (χ4n) is 3.20. The Morgan fingerprint density at radius 2 is 1.93 bits per heavy atom. The number of hydrogen-bond acceptors (Lipinski definition) is 6. The quantitative estimate of drug-likeness (QED) is 0.400. The predicted molar refractivity (Wildman–Crippen MR) is 107 cm³/mol. The first-order valence-corrected chi connectivity index (χ1v) is 9.09. The van der Waals surface area contributed by atoms with Gasteiger partial charge in [0.25, 0.3) is 11.8 Å². The molecule has 4 N–H and O–H groups in total. The summed E-state index contributed by atoms with van der Waals surface area (Å²) in [6.07, 6.45) is 4.59. The van der Waals surface area contributed by atoms with Gasteiger partial charge in [0.05, 0.1) is 23.7 Å². The number of aromatic nitrogens is 3. The molecular formula is C21H17N5O4. The second-order valence-electron chi connectivity index (χ2n) is 6.59. The van der Waals surface area contributed by atoms with Gasteiger partial charge in [-0.05, 0) is 18.2 Å². The van der Waals surface area contributed by atoms with Gasteiger partial charge in [0.1, 0.15) is 17.3 Å². The van der Waals surface area contributed by atoms with Gasteiger partial charge < -0.3 is 15.5 Å². The van der Waals surface area contributed by atoms with Gasteiger partial charge in [-0.2, -0.15) is 5.10 Å². The van der Waals surface area contributed by atoms with Crippen LogP contribution in [0.5, 0.6) is 0 Å². The molecule has 1 atom stereocenters. The molecule has 0 fully saturated rings. The highest BCUT2D eigenvalue weighted by Crippen LogP contribution is 2.23. The lowest BCUT2D eigenvalue weighted by molar-refractivity contribution is -0.137. The molecule has 0 radical (unpaired) electrons. The third kappa shape index (κ3) is 3.68. The fraction of sp³-hybridized carbons (Fsp3) is 0.0952. The van der Waals surface area contributed by atoms with Crippen molar-refractivity contribution in [2.75, 3.05) is 0 Å². The number of carbonyl (C=O) groups excluding carboxylic acids is 3. The first kappa shape index (κ1) is 19.1. The molecule has 9 heteroatoms. The summed E-state index contributed by atoms with van der Waals surface area (Å²) >= 11 is 0. The first-order valence-electron chi connectivity index (χ1n) is 9.09. The summed E-state index contributed by atoms with van der Waals surface area (Å²) in [5.74, 6) is -2.66. The number of para-hydroxylation sites is 1. The van der Waals surface area contributed by atoms with Crippen LogP contribution in [-0.2, 0) is 16.0 Å². The van der Waals surface area contributed by atoms with E-state index in [2.05, 4.69) is 20.5 Å². The Morgan fingerprint density at radius 3 is 2.70 bits per heavy atom. The van der Waals surface area contributed by atoms with Gasteiger partial charge in [-0.3, -0.25) is 24.5 Å². The topological polar surface area (TPSA) is 144 Å². The maximum absolute atomic E-state index is 12.9. The average Bonchev–Trinajstić information content (AvgIpc) is 3.41. The lowest BCUT2D eigenvalue weighted by atomic mass is 10.0. The van der Waals surface area contributed by atoms with Gasteiger partial charge in [0.15, 0.2) is 0 Å². The number of nitrogens with one attached hydrogen (secondary N) is 2. The minimum atomic E-state index is -1.17. The molecule has 1 aromatic carbocycles. The number of rotatable bonds is 7. The second kappa shape index (κ2) is 8.00. The van der Waals surface area contributed by atoms with Gasteiger partial charge in [-0.1, -0.05) is 24.3 Å². The van der Waals surface area contributed by atoms with Crippen LogP contribution in [-0.4, -0.2) is 38.8 Å². The van der Waals surface area contributed by atoms with Crippen molar-refractivity contribution in [3.63, 3.8) is 0 Å². The average molecular weight is 403 g/mol. The number of ketones is 1. The Hall–Kier alpha value is -4.27. The van der Waals surface area contributed by atoms with Crippen LogP contribution in [0.2, 0.25) is 0 Å². The molecule has 0 aliphatic carbocycles. The van der Waals surface area contributed by atoms with E-state index in [4.69, 9.17) is 10.2 Å². The van der Waals surface area contributed by atoms with Crippen molar-refractivity contribution >= 4 is 28.6 Å². The van der Waals surface area contributed by atoms with E-state index < -0.39 is 23.6 Å². The second-order valence-corrected chi connectivity index (χ2v) is 6.59. The number of nitrogens with zero attached hydrogens (tertiary/aromatic N) is 2. The molecule has 2 amide bonds. The molecule has 0 spiro atoms. The number of H-pyrrole nitrogens is 1. The molecular weight excluding hydrogens is 386 g/mol. The zero-order valence-corrected chi connectivity index (χ0v) is 15.7. The molecule has 0 bridgehead atoms. The van der Waals surface area contributed by atoms with Gasteiger partial charge in [0.2, 0.25) is 5.78 Å². The number of Topliss-reactive ketones (excluding diaryl/α,β-unsaturated/α-hetero) is 1. The fourth-order valence-corrected chi connectivity index (χ4v) is 3.20. The van der Waals surface area contributed by atoms with Crippen molar-refractivity contribution in [2.45, 2.75) is 12.5 Å². The zero-order chi connectivity index (χ0) is 21.1. The van der Waals surface area contributed by atoms with Crippen LogP contribution in [0.4, 0.5) is 0 Å². The number of furan rings is 1. The van der Waals surface area contributed by atoms with Crippen LogP contribution >= 0.6 is 0 Å². The molecule has 3 heterocycles. The highest BCUT2D eigenvalue weighted by atomic mass is 16.3. The Bertz CT molecular complexity index is 1230. The van der Waals surface area contributed by atoms with Crippen LogP contribution in [0.1, 0.15) is 16.1 Å². The van der Waals surface area contributed by atoms with E-state index in [1.165, 1.54) is 12.5 Å². The smallest absolute Gasteiger partial charge is 0.287 e. The number of primary amides is 1. The minimum Gasteiger partial charge on any atom is -0.464 e. The third-order valence-electron chi connectivity index (χ3n) is 4.66. The number of pyridine rings is 1. The van der Waals surface area contributed by atoms with E-state index in [1.54, 1.807) is 30.5 Å². The molecule has 9 nitrogen and oxygen atoms in total. The van der Waals surface area contributed by atoms with Crippen LogP contribution in [0.3, 0.4) is 0 Å². The summed E-state index contributed by atoms with van der Waals surface area (Å²) in [5, 5.41) is 9.89. The molecule has 30 heavy (non-hydrogen) atoms. The van der Waals surface area contributed by atoms with Crippen LogP contribution < -0.4 is 11.1 Å². The monoisotopic (exact) mass is 403 g/mol. The standard InChI is InChI=1S/C21H17N5O4/c22-20(28)19(27)16(9-12-11-30-17-7-2-1-5-13(12)17)25-21(29)18-14(10-24-26-18)15-6-3-4-8-23-15/h1-8,10-11,16H,9H2,(H2,22,28)(H,24,26)(H,25,29). The van der Waals surface area contributed by atoms with Crippen LogP contribution in [0, 0.1) is 0 Å². The number of hydrogen-bond donors (Lipinski definition) is 3. The number of aromatic amines is 1. The highest BCUT2D eigenvalue weighted by Gasteiger charge is 2.28. The first-order chi connectivity index (χ1) is 14.5. The van der Waals surface area contributed by atoms with Crippen molar-refractivity contribution in [3.8, 4) is 11.3 Å². The Balaban J connectivity index is 1.62. The normalized spacial score (nSPS) is 11.9. The van der Waals surface area contributed by atoms with E-state index in [-0.39, 0.29) is 12.1 Å². The molecule has 0 aliphatic heterocycles. The molecule has 4 rings (SSSR count). The molecule has 4 aromatic rings. The summed E-state index contributed by atoms with van der Waals surface area (Å²) in [7, 11) is 0.